The van der Waals surface area contributed by atoms with E-state index >= 15 is 0 Å². The number of alkyl halides is 3. The van der Waals surface area contributed by atoms with Gasteiger partial charge in [0.05, 0.1) is 17.2 Å². The number of carbonyl (C=O) groups excluding carboxylic acids is 1. The highest BCUT2D eigenvalue weighted by atomic mass is 19.4. The SMILES string of the molecule is O=C([O-])C1CCCc2cc(C(F)(F)F)cnc21. The number of aliphatic carboxylic acids is 1. The lowest BCUT2D eigenvalue weighted by Crippen LogP contribution is -2.32. The molecule has 92 valence electrons. The Kier molecular flexibility index (Phi) is 2.81. The van der Waals surface area contributed by atoms with E-state index in [-0.39, 0.29) is 5.69 Å². The lowest BCUT2D eigenvalue weighted by Gasteiger charge is -2.25. The maximum absolute atomic E-state index is 12.4. The molecule has 0 amide bonds. The van der Waals surface area contributed by atoms with Crippen molar-refractivity contribution < 1.29 is 23.1 Å². The van der Waals surface area contributed by atoms with Crippen LogP contribution in [-0.2, 0) is 17.4 Å². The Morgan fingerprint density at radius 1 is 1.47 bits per heavy atom. The van der Waals surface area contributed by atoms with E-state index < -0.39 is 23.6 Å². The number of hydrogen-bond acceptors (Lipinski definition) is 3. The number of nitrogens with zero attached hydrogens (tertiary/aromatic N) is 1. The summed E-state index contributed by atoms with van der Waals surface area (Å²) in [6, 6.07) is 0.984. The topological polar surface area (TPSA) is 53.0 Å². The first-order valence-electron chi connectivity index (χ1n) is 5.16. The van der Waals surface area contributed by atoms with E-state index in [0.29, 0.717) is 31.0 Å². The number of carboxylic acids is 1. The van der Waals surface area contributed by atoms with Crippen LogP contribution in [0.4, 0.5) is 13.2 Å². The molecule has 0 saturated heterocycles. The molecular weight excluding hydrogens is 235 g/mol. The molecule has 1 aliphatic carbocycles. The maximum Gasteiger partial charge on any atom is 0.417 e. The molecule has 0 N–H and O–H groups in total. The average Bonchev–Trinajstić information content (AvgIpc) is 2.26. The molecule has 0 aliphatic heterocycles. The van der Waals surface area contributed by atoms with E-state index in [2.05, 4.69) is 4.98 Å². The van der Waals surface area contributed by atoms with Crippen LogP contribution < -0.4 is 5.11 Å². The Morgan fingerprint density at radius 2 is 2.18 bits per heavy atom. The smallest absolute Gasteiger partial charge is 0.417 e. The van der Waals surface area contributed by atoms with Crippen LogP contribution >= 0.6 is 0 Å². The highest BCUT2D eigenvalue weighted by molar-refractivity contribution is 5.74. The van der Waals surface area contributed by atoms with Crippen molar-refractivity contribution >= 4 is 5.97 Å². The van der Waals surface area contributed by atoms with Crippen LogP contribution in [0.1, 0.15) is 35.6 Å². The molecule has 0 saturated carbocycles. The Morgan fingerprint density at radius 3 is 2.76 bits per heavy atom. The number of hydrogen-bond donors (Lipinski definition) is 0. The molecule has 6 heteroatoms. The monoisotopic (exact) mass is 244 g/mol. The molecule has 1 heterocycles. The molecule has 1 aromatic rings. The van der Waals surface area contributed by atoms with Gasteiger partial charge in [-0.25, -0.2) is 0 Å². The summed E-state index contributed by atoms with van der Waals surface area (Å²) in [6.45, 7) is 0. The van der Waals surface area contributed by atoms with E-state index in [1.807, 2.05) is 0 Å². The molecule has 2 rings (SSSR count). The summed E-state index contributed by atoms with van der Waals surface area (Å²) in [5, 5.41) is 10.8. The summed E-state index contributed by atoms with van der Waals surface area (Å²) in [5.74, 6) is -2.17. The van der Waals surface area contributed by atoms with Crippen LogP contribution in [0.5, 0.6) is 0 Å². The van der Waals surface area contributed by atoms with Gasteiger partial charge in [-0.15, -0.1) is 0 Å². The summed E-state index contributed by atoms with van der Waals surface area (Å²) >= 11 is 0. The van der Waals surface area contributed by atoms with Gasteiger partial charge in [-0.3, -0.25) is 4.98 Å². The van der Waals surface area contributed by atoms with Crippen molar-refractivity contribution in [2.75, 3.05) is 0 Å². The molecule has 0 radical (unpaired) electrons. The number of carbonyl (C=O) groups is 1. The second kappa shape index (κ2) is 4.01. The van der Waals surface area contributed by atoms with Crippen LogP contribution in [0, 0.1) is 0 Å². The van der Waals surface area contributed by atoms with Crippen molar-refractivity contribution in [1.82, 2.24) is 4.98 Å². The molecule has 1 unspecified atom stereocenters. The third-order valence-electron chi connectivity index (χ3n) is 2.88. The van der Waals surface area contributed by atoms with Gasteiger partial charge in [0.25, 0.3) is 0 Å². The van der Waals surface area contributed by atoms with Crippen LogP contribution in [0.15, 0.2) is 12.3 Å². The van der Waals surface area contributed by atoms with E-state index in [4.69, 9.17) is 0 Å². The molecule has 1 aromatic heterocycles. The highest BCUT2D eigenvalue weighted by Gasteiger charge is 2.33. The lowest BCUT2D eigenvalue weighted by atomic mass is 9.86. The van der Waals surface area contributed by atoms with Crippen LogP contribution in [-0.4, -0.2) is 11.0 Å². The van der Waals surface area contributed by atoms with Gasteiger partial charge in [-0.1, -0.05) is 0 Å². The quantitative estimate of drug-likeness (QED) is 0.747. The zero-order valence-electron chi connectivity index (χ0n) is 8.75. The number of aryl methyl sites for hydroxylation is 1. The first-order valence-corrected chi connectivity index (χ1v) is 5.16. The number of halogens is 3. The van der Waals surface area contributed by atoms with Crippen LogP contribution in [0.25, 0.3) is 0 Å². The normalized spacial score (nSPS) is 19.8. The Hall–Kier alpha value is -1.59. The summed E-state index contributed by atoms with van der Waals surface area (Å²) < 4.78 is 37.3. The fourth-order valence-corrected chi connectivity index (χ4v) is 2.05. The standard InChI is InChI=1S/C11H10F3NO2/c12-11(13,14)7-4-6-2-1-3-8(10(16)17)9(6)15-5-7/h4-5,8H,1-3H2,(H,16,17)/p-1. The van der Waals surface area contributed by atoms with Gasteiger partial charge < -0.3 is 9.90 Å². The number of fused-ring (bicyclic) bond motifs is 1. The van der Waals surface area contributed by atoms with Crippen molar-refractivity contribution in [2.24, 2.45) is 0 Å². The number of aromatic nitrogens is 1. The largest absolute Gasteiger partial charge is 0.549 e. The number of rotatable bonds is 1. The molecule has 0 bridgehead atoms. The van der Waals surface area contributed by atoms with Crippen LogP contribution in [0.3, 0.4) is 0 Å². The number of pyridine rings is 1. The third-order valence-corrected chi connectivity index (χ3v) is 2.88. The van der Waals surface area contributed by atoms with Gasteiger partial charge in [0.2, 0.25) is 0 Å². The minimum Gasteiger partial charge on any atom is -0.549 e. The predicted molar refractivity (Wildman–Crippen MR) is 49.9 cm³/mol. The van der Waals surface area contributed by atoms with E-state index in [0.717, 1.165) is 6.07 Å². The maximum atomic E-state index is 12.4. The van der Waals surface area contributed by atoms with Gasteiger partial charge in [0.15, 0.2) is 0 Å². The van der Waals surface area contributed by atoms with Gasteiger partial charge in [-0.2, -0.15) is 13.2 Å². The van der Waals surface area contributed by atoms with Crippen molar-refractivity contribution in [1.29, 1.82) is 0 Å². The van der Waals surface area contributed by atoms with Crippen molar-refractivity contribution in [3.8, 4) is 0 Å². The molecule has 0 spiro atoms. The molecule has 3 nitrogen and oxygen atoms in total. The van der Waals surface area contributed by atoms with E-state index in [1.54, 1.807) is 0 Å². The van der Waals surface area contributed by atoms with Crippen molar-refractivity contribution in [3.63, 3.8) is 0 Å². The van der Waals surface area contributed by atoms with Gasteiger partial charge >= 0.3 is 6.18 Å². The zero-order chi connectivity index (χ0) is 12.6. The van der Waals surface area contributed by atoms with Crippen molar-refractivity contribution in [2.45, 2.75) is 31.4 Å². The third kappa shape index (κ3) is 2.25. The highest BCUT2D eigenvalue weighted by Crippen LogP contribution is 2.34. The first-order chi connectivity index (χ1) is 7.89. The summed E-state index contributed by atoms with van der Waals surface area (Å²) in [7, 11) is 0. The molecule has 1 aliphatic rings. The second-order valence-corrected chi connectivity index (χ2v) is 4.03. The Balaban J connectivity index is 2.43. The fraction of sp³-hybridized carbons (Fsp3) is 0.455. The second-order valence-electron chi connectivity index (χ2n) is 4.03. The molecule has 17 heavy (non-hydrogen) atoms. The predicted octanol–water partition coefficient (Wildman–Crippen LogP) is 1.27. The van der Waals surface area contributed by atoms with Crippen LogP contribution in [0.2, 0.25) is 0 Å². The summed E-state index contributed by atoms with van der Waals surface area (Å²) in [4.78, 5) is 14.5. The summed E-state index contributed by atoms with van der Waals surface area (Å²) in [5.41, 5.74) is -0.264. The number of carboxylic acid groups (broad SMARTS) is 1. The van der Waals surface area contributed by atoms with Gasteiger partial charge in [0, 0.05) is 12.1 Å². The Labute approximate surface area is 95.3 Å². The molecular formula is C11H9F3NO2-. The fourth-order valence-electron chi connectivity index (χ4n) is 2.05. The average molecular weight is 244 g/mol. The molecule has 1 atom stereocenters. The molecule has 0 aromatic carbocycles. The minimum atomic E-state index is -4.45. The van der Waals surface area contributed by atoms with E-state index in [1.165, 1.54) is 0 Å². The summed E-state index contributed by atoms with van der Waals surface area (Å²) in [6.07, 6.45) is -2.44. The Bertz CT molecular complexity index is 457. The van der Waals surface area contributed by atoms with E-state index in [9.17, 15) is 23.1 Å². The van der Waals surface area contributed by atoms with Gasteiger partial charge in [0.1, 0.15) is 0 Å². The van der Waals surface area contributed by atoms with Gasteiger partial charge in [-0.05, 0) is 30.9 Å². The first kappa shape index (κ1) is 11.9. The van der Waals surface area contributed by atoms with Crippen molar-refractivity contribution in [3.05, 3.63) is 29.1 Å². The lowest BCUT2D eigenvalue weighted by molar-refractivity contribution is -0.308. The minimum absolute atomic E-state index is 0.212. The molecule has 0 fully saturated rings. The zero-order valence-corrected chi connectivity index (χ0v) is 8.75.